The molecule has 37 heavy (non-hydrogen) atoms. The molecule has 4 atom stereocenters. The molecule has 2 fully saturated rings. The van der Waals surface area contributed by atoms with E-state index in [4.69, 9.17) is 14.6 Å². The van der Waals surface area contributed by atoms with Gasteiger partial charge in [-0.1, -0.05) is 54.6 Å². The van der Waals surface area contributed by atoms with E-state index >= 15 is 0 Å². The molecule has 0 radical (unpaired) electrons. The van der Waals surface area contributed by atoms with Gasteiger partial charge in [-0.3, -0.25) is 14.9 Å². The van der Waals surface area contributed by atoms with Gasteiger partial charge in [0.2, 0.25) is 0 Å². The average molecular weight is 507 g/mol. The second-order valence-electron chi connectivity index (χ2n) is 9.56. The van der Waals surface area contributed by atoms with Crippen molar-refractivity contribution in [3.8, 4) is 11.1 Å². The predicted molar refractivity (Wildman–Crippen MR) is 140 cm³/mol. The van der Waals surface area contributed by atoms with Crippen LogP contribution in [0.4, 0.5) is 10.5 Å². The first kappa shape index (κ1) is 26.4. The summed E-state index contributed by atoms with van der Waals surface area (Å²) in [6, 6.07) is 17.3. The van der Waals surface area contributed by atoms with Crippen molar-refractivity contribution in [3.05, 3.63) is 66.7 Å². The molecule has 2 aromatic carbocycles. The van der Waals surface area contributed by atoms with Crippen LogP contribution in [0, 0.1) is 11.8 Å². The Balaban J connectivity index is 1.17. The fourth-order valence-electron chi connectivity index (χ4n) is 5.17. The highest BCUT2D eigenvalue weighted by Crippen LogP contribution is 2.44. The highest BCUT2D eigenvalue weighted by molar-refractivity contribution is 5.87. The maximum Gasteiger partial charge on any atom is 0.412 e. The van der Waals surface area contributed by atoms with E-state index in [-0.39, 0.29) is 37.1 Å². The molecule has 3 N–H and O–H groups in total. The van der Waals surface area contributed by atoms with Crippen LogP contribution >= 0.6 is 0 Å². The summed E-state index contributed by atoms with van der Waals surface area (Å²) in [7, 11) is 0. The van der Waals surface area contributed by atoms with Crippen molar-refractivity contribution in [1.82, 2.24) is 5.32 Å². The summed E-state index contributed by atoms with van der Waals surface area (Å²) in [5.74, 6) is -0.592. The van der Waals surface area contributed by atoms with Gasteiger partial charge in [0.25, 0.3) is 5.91 Å². The number of rotatable bonds is 12. The molecule has 2 aliphatic rings. The molecule has 2 aliphatic heterocycles. The Bertz CT molecular complexity index is 1090. The van der Waals surface area contributed by atoms with Crippen molar-refractivity contribution < 1.29 is 29.0 Å². The Hall–Kier alpha value is -3.65. The van der Waals surface area contributed by atoms with Gasteiger partial charge in [-0.2, -0.15) is 0 Å². The number of amides is 2. The minimum Gasteiger partial charge on any atom is -0.481 e. The van der Waals surface area contributed by atoms with Crippen molar-refractivity contribution >= 4 is 23.7 Å². The third kappa shape index (κ3) is 7.67. The molecule has 0 unspecified atom stereocenters. The van der Waals surface area contributed by atoms with E-state index in [1.807, 2.05) is 48.5 Å². The van der Waals surface area contributed by atoms with Crippen LogP contribution in [0.15, 0.2) is 66.7 Å². The van der Waals surface area contributed by atoms with E-state index < -0.39 is 12.1 Å². The quantitative estimate of drug-likeness (QED) is 0.275. The van der Waals surface area contributed by atoms with Crippen molar-refractivity contribution in [2.24, 2.45) is 11.8 Å². The normalized spacial score (nSPS) is 22.2. The Morgan fingerprint density at radius 3 is 2.38 bits per heavy atom. The Morgan fingerprint density at radius 1 is 0.946 bits per heavy atom. The summed E-state index contributed by atoms with van der Waals surface area (Å²) >= 11 is 0. The smallest absolute Gasteiger partial charge is 0.412 e. The Labute approximate surface area is 217 Å². The minimum absolute atomic E-state index is 0.138. The number of nitrogens with one attached hydrogen (secondary N) is 2. The molecule has 0 saturated carbocycles. The number of anilines is 1. The van der Waals surface area contributed by atoms with Crippen molar-refractivity contribution in [3.63, 3.8) is 0 Å². The van der Waals surface area contributed by atoms with Crippen LogP contribution in [0.5, 0.6) is 0 Å². The first-order valence-electron chi connectivity index (χ1n) is 12.9. The number of carboxylic acids is 1. The van der Waals surface area contributed by atoms with Crippen molar-refractivity contribution in [2.45, 2.75) is 50.7 Å². The van der Waals surface area contributed by atoms with Crippen LogP contribution in [0.1, 0.15) is 38.5 Å². The maximum atomic E-state index is 12.3. The molecule has 2 saturated heterocycles. The maximum absolute atomic E-state index is 12.3. The molecule has 0 aromatic heterocycles. The summed E-state index contributed by atoms with van der Waals surface area (Å²) in [4.78, 5) is 35.1. The number of hydrogen-bond acceptors (Lipinski definition) is 5. The van der Waals surface area contributed by atoms with Gasteiger partial charge in [-0.05, 0) is 61.3 Å². The standard InChI is InChI=1S/C29H34N2O6/c32-27(19-36-29(35)31-22-14-12-21(13-15-22)20-8-4-3-5-9-20)30-18-24-23(25-16-17-26(24)37-25)10-6-1-2-7-11-28(33)34/h1,3-6,8-9,12-15,23-26H,2,7,10-11,16-19H2,(H,30,32)(H,31,35)(H,33,34)/b6-1-/t23-,24+,25-,26+/m1/s1. The molecule has 8 nitrogen and oxygen atoms in total. The van der Waals surface area contributed by atoms with E-state index in [9.17, 15) is 14.4 Å². The number of allylic oxidation sites excluding steroid dienone is 2. The molecule has 8 heteroatoms. The van der Waals surface area contributed by atoms with E-state index in [0.717, 1.165) is 36.8 Å². The summed E-state index contributed by atoms with van der Waals surface area (Å²) in [5, 5.41) is 14.3. The van der Waals surface area contributed by atoms with Crippen LogP contribution in [-0.4, -0.2) is 48.4 Å². The second-order valence-corrected chi connectivity index (χ2v) is 9.56. The first-order valence-corrected chi connectivity index (χ1v) is 12.9. The zero-order valence-corrected chi connectivity index (χ0v) is 20.8. The highest BCUT2D eigenvalue weighted by Gasteiger charge is 2.47. The number of aliphatic carboxylic acids is 1. The summed E-state index contributed by atoms with van der Waals surface area (Å²) in [6.45, 7) is 0.118. The molecule has 196 valence electrons. The monoisotopic (exact) mass is 506 g/mol. The van der Waals surface area contributed by atoms with Gasteiger partial charge in [-0.25, -0.2) is 4.79 Å². The van der Waals surface area contributed by atoms with Crippen molar-refractivity contribution in [2.75, 3.05) is 18.5 Å². The Morgan fingerprint density at radius 2 is 1.65 bits per heavy atom. The number of carboxylic acid groups (broad SMARTS) is 1. The van der Waals surface area contributed by atoms with Gasteiger partial charge < -0.3 is 19.9 Å². The molecule has 0 spiro atoms. The summed E-state index contributed by atoms with van der Waals surface area (Å²) < 4.78 is 11.2. The zero-order valence-electron chi connectivity index (χ0n) is 20.8. The number of unbranched alkanes of at least 4 members (excludes halogenated alkanes) is 1. The summed E-state index contributed by atoms with van der Waals surface area (Å²) in [6.07, 6.45) is 8.21. The number of fused-ring (bicyclic) bond motifs is 2. The van der Waals surface area contributed by atoms with Gasteiger partial charge in [-0.15, -0.1) is 0 Å². The fourth-order valence-corrected chi connectivity index (χ4v) is 5.17. The number of carbonyl (C=O) groups is 3. The molecule has 2 amide bonds. The predicted octanol–water partition coefficient (Wildman–Crippen LogP) is 5.01. The number of hydrogen-bond donors (Lipinski definition) is 3. The molecule has 0 aliphatic carbocycles. The lowest BCUT2D eigenvalue weighted by atomic mass is 9.77. The van der Waals surface area contributed by atoms with Gasteiger partial charge in [0, 0.05) is 24.6 Å². The van der Waals surface area contributed by atoms with Crippen LogP contribution in [0.25, 0.3) is 11.1 Å². The van der Waals surface area contributed by atoms with Crippen LogP contribution in [0.3, 0.4) is 0 Å². The number of carbonyl (C=O) groups excluding carboxylic acids is 2. The Kier molecular flexibility index (Phi) is 9.32. The lowest BCUT2D eigenvalue weighted by molar-refractivity contribution is -0.137. The third-order valence-corrected chi connectivity index (χ3v) is 7.03. The molecular weight excluding hydrogens is 472 g/mol. The minimum atomic E-state index is -0.773. The van der Waals surface area contributed by atoms with Gasteiger partial charge in [0.1, 0.15) is 0 Å². The largest absolute Gasteiger partial charge is 0.481 e. The first-order chi connectivity index (χ1) is 18.0. The fraction of sp³-hybridized carbons (Fsp3) is 0.414. The van der Waals surface area contributed by atoms with Gasteiger partial charge in [0.15, 0.2) is 6.61 Å². The topological polar surface area (TPSA) is 114 Å². The van der Waals surface area contributed by atoms with E-state index in [1.54, 1.807) is 12.1 Å². The van der Waals surface area contributed by atoms with E-state index in [1.165, 1.54) is 0 Å². The van der Waals surface area contributed by atoms with Crippen LogP contribution < -0.4 is 10.6 Å². The lowest BCUT2D eigenvalue weighted by Crippen LogP contribution is -2.39. The molecule has 2 heterocycles. The molecular formula is C29H34N2O6. The third-order valence-electron chi connectivity index (χ3n) is 7.03. The van der Waals surface area contributed by atoms with E-state index in [2.05, 4.69) is 16.7 Å². The highest BCUT2D eigenvalue weighted by atomic mass is 16.6. The summed E-state index contributed by atoms with van der Waals surface area (Å²) in [5.41, 5.74) is 2.71. The van der Waals surface area contributed by atoms with Crippen molar-refractivity contribution in [1.29, 1.82) is 0 Å². The average Bonchev–Trinajstić information content (AvgIpc) is 3.51. The molecule has 4 rings (SSSR count). The number of benzene rings is 2. The van der Waals surface area contributed by atoms with E-state index in [0.29, 0.717) is 24.6 Å². The van der Waals surface area contributed by atoms with Crippen LogP contribution in [-0.2, 0) is 19.1 Å². The van der Waals surface area contributed by atoms with Gasteiger partial charge >= 0.3 is 12.1 Å². The molecule has 2 aromatic rings. The SMILES string of the molecule is O=C(O)CCC/C=C\C[C@@H]1[C@H](CNC(=O)COC(=O)Nc2ccc(-c3ccccc3)cc2)[C@@H]2CC[C@H]1O2. The van der Waals surface area contributed by atoms with Crippen LogP contribution in [0.2, 0.25) is 0 Å². The lowest BCUT2D eigenvalue weighted by Gasteiger charge is -2.27. The second kappa shape index (κ2) is 13.1. The van der Waals surface area contributed by atoms with Gasteiger partial charge in [0.05, 0.1) is 12.2 Å². The number of ether oxygens (including phenoxy) is 2. The molecule has 2 bridgehead atoms. The zero-order chi connectivity index (χ0) is 26.0.